The second-order valence-corrected chi connectivity index (χ2v) is 4.00. The summed E-state index contributed by atoms with van der Waals surface area (Å²) >= 11 is 0. The predicted molar refractivity (Wildman–Crippen MR) is 68.4 cm³/mol. The molecule has 0 aromatic rings. The maximum absolute atomic E-state index is 10.6. The van der Waals surface area contributed by atoms with Crippen molar-refractivity contribution in [3.05, 3.63) is 0 Å². The summed E-state index contributed by atoms with van der Waals surface area (Å²) in [6.07, 6.45) is 0. The van der Waals surface area contributed by atoms with E-state index in [9.17, 15) is 19.2 Å². The van der Waals surface area contributed by atoms with Gasteiger partial charge in [-0.25, -0.2) is 0 Å². The third kappa shape index (κ3) is 14.8. The Morgan fingerprint density at radius 1 is 0.591 bits per heavy atom. The Bertz CT molecular complexity index is 324. The minimum absolute atomic E-state index is 0. The molecular formula is C10H19N3O8Zn+2. The Hall–Kier alpha value is -1.62. The van der Waals surface area contributed by atoms with Gasteiger partial charge in [0.1, 0.15) is 0 Å². The molecular weight excluding hydrogens is 356 g/mol. The Kier molecular flexibility index (Phi) is 15.1. The Labute approximate surface area is 138 Å². The summed E-state index contributed by atoms with van der Waals surface area (Å²) < 4.78 is 0. The molecule has 22 heavy (non-hydrogen) atoms. The second kappa shape index (κ2) is 13.1. The fraction of sp³-hybridized carbons (Fsp3) is 0.600. The van der Waals surface area contributed by atoms with Crippen LogP contribution in [0.4, 0.5) is 0 Å². The molecule has 0 aliphatic rings. The van der Waals surface area contributed by atoms with Crippen molar-refractivity contribution < 1.29 is 59.1 Å². The smallest absolute Gasteiger partial charge is 0.480 e. The van der Waals surface area contributed by atoms with Crippen molar-refractivity contribution >= 4 is 23.9 Å². The Balaban J connectivity index is -0.00000180. The summed E-state index contributed by atoms with van der Waals surface area (Å²) in [5.41, 5.74) is 0. The van der Waals surface area contributed by atoms with Gasteiger partial charge in [0.2, 0.25) is 0 Å². The minimum Gasteiger partial charge on any atom is -0.480 e. The number of carbonyl (C=O) groups is 4. The van der Waals surface area contributed by atoms with Crippen LogP contribution >= 0.6 is 0 Å². The summed E-state index contributed by atoms with van der Waals surface area (Å²) in [6.45, 7) is -2.25. The monoisotopic (exact) mass is 373 g/mol. The van der Waals surface area contributed by atoms with Gasteiger partial charge in [-0.1, -0.05) is 0 Å². The quantitative estimate of drug-likeness (QED) is 0.253. The summed E-state index contributed by atoms with van der Waals surface area (Å²) in [4.78, 5) is 44.4. The minimum atomic E-state index is -1.23. The average Bonchev–Trinajstić information content (AvgIpc) is 2.22. The van der Waals surface area contributed by atoms with E-state index in [0.29, 0.717) is 0 Å². The van der Waals surface area contributed by atoms with Crippen molar-refractivity contribution in [2.45, 2.75) is 0 Å². The Morgan fingerprint density at radius 3 is 0.909 bits per heavy atom. The van der Waals surface area contributed by atoms with E-state index in [-0.39, 0.29) is 38.7 Å². The number of carboxylic acids is 4. The van der Waals surface area contributed by atoms with Gasteiger partial charge >= 0.3 is 43.4 Å². The largest absolute Gasteiger partial charge is 2.00 e. The number of carboxylic acid groups (broad SMARTS) is 4. The van der Waals surface area contributed by atoms with E-state index in [0.717, 1.165) is 9.80 Å². The topological polar surface area (TPSA) is 191 Å². The van der Waals surface area contributed by atoms with E-state index in [2.05, 4.69) is 0 Å². The van der Waals surface area contributed by atoms with E-state index in [1.54, 1.807) is 0 Å². The van der Waals surface area contributed by atoms with Crippen LogP contribution in [-0.4, -0.2) is 93.4 Å². The fourth-order valence-electron chi connectivity index (χ4n) is 1.48. The maximum Gasteiger partial charge on any atom is 2.00 e. The molecule has 122 valence electrons. The molecule has 0 aliphatic carbocycles. The van der Waals surface area contributed by atoms with E-state index in [1.165, 1.54) is 0 Å². The molecule has 0 saturated heterocycles. The summed E-state index contributed by atoms with van der Waals surface area (Å²) in [6, 6.07) is 0. The first kappa shape index (κ1) is 25.3. The van der Waals surface area contributed by atoms with Gasteiger partial charge < -0.3 is 26.6 Å². The molecule has 0 radical (unpaired) electrons. The first-order chi connectivity index (χ1) is 9.20. The first-order valence-corrected chi connectivity index (χ1v) is 5.52. The van der Waals surface area contributed by atoms with Crippen LogP contribution in [0.2, 0.25) is 0 Å². The average molecular weight is 375 g/mol. The zero-order valence-electron chi connectivity index (χ0n) is 12.0. The number of hydrogen-bond donors (Lipinski definition) is 5. The molecule has 0 heterocycles. The van der Waals surface area contributed by atoms with E-state index in [1.807, 2.05) is 0 Å². The van der Waals surface area contributed by atoms with Gasteiger partial charge in [-0.2, -0.15) is 0 Å². The van der Waals surface area contributed by atoms with E-state index < -0.39 is 50.1 Å². The molecule has 0 atom stereocenters. The van der Waals surface area contributed by atoms with Gasteiger partial charge in [-0.05, 0) is 0 Å². The van der Waals surface area contributed by atoms with Gasteiger partial charge in [0.15, 0.2) is 0 Å². The number of rotatable bonds is 11. The van der Waals surface area contributed by atoms with Gasteiger partial charge in [0.05, 0.1) is 26.2 Å². The molecule has 0 unspecified atom stereocenters. The molecule has 0 amide bonds. The third-order valence-electron chi connectivity index (χ3n) is 2.17. The first-order valence-electron chi connectivity index (χ1n) is 5.52. The summed E-state index contributed by atoms with van der Waals surface area (Å²) in [7, 11) is 0. The molecule has 7 N–H and O–H groups in total. The number of nitrogens with zero attached hydrogens (tertiary/aromatic N) is 2. The van der Waals surface area contributed by atoms with Gasteiger partial charge in [-0.3, -0.25) is 29.0 Å². The van der Waals surface area contributed by atoms with Crippen LogP contribution in [0.15, 0.2) is 0 Å². The standard InChI is InChI=1S/C10H16N2O8.H3N.Zn/c13-7(14)3-11(4-8(15)16)1-2-12(5-9(17)18)6-10(19)20;;/h1-6H2,(H,13,14)(H,15,16)(H,17,18)(H,19,20);1H3;/q;;+2. The molecule has 12 heteroatoms. The van der Waals surface area contributed by atoms with Crippen molar-refractivity contribution in [2.75, 3.05) is 39.3 Å². The van der Waals surface area contributed by atoms with Crippen LogP contribution in [0.5, 0.6) is 0 Å². The molecule has 0 bridgehead atoms. The molecule has 0 aromatic heterocycles. The van der Waals surface area contributed by atoms with Gasteiger partial charge in [0, 0.05) is 13.1 Å². The molecule has 0 aromatic carbocycles. The summed E-state index contributed by atoms with van der Waals surface area (Å²) in [5, 5.41) is 34.5. The number of aliphatic carboxylic acids is 4. The van der Waals surface area contributed by atoms with E-state index >= 15 is 0 Å². The molecule has 0 spiro atoms. The van der Waals surface area contributed by atoms with Crippen LogP contribution in [0.3, 0.4) is 0 Å². The fourth-order valence-corrected chi connectivity index (χ4v) is 1.48. The van der Waals surface area contributed by atoms with Crippen molar-refractivity contribution in [1.29, 1.82) is 0 Å². The third-order valence-corrected chi connectivity index (χ3v) is 2.17. The predicted octanol–water partition coefficient (Wildman–Crippen LogP) is -1.91. The van der Waals surface area contributed by atoms with Gasteiger partial charge in [-0.15, -0.1) is 0 Å². The zero-order chi connectivity index (χ0) is 15.7. The Morgan fingerprint density at radius 2 is 0.773 bits per heavy atom. The van der Waals surface area contributed by atoms with Crippen LogP contribution < -0.4 is 6.15 Å². The van der Waals surface area contributed by atoms with Crippen molar-refractivity contribution in [1.82, 2.24) is 16.0 Å². The van der Waals surface area contributed by atoms with E-state index in [4.69, 9.17) is 20.4 Å². The molecule has 11 nitrogen and oxygen atoms in total. The SMILES string of the molecule is N.O=C(O)CN(CCN(CC(=O)O)CC(=O)O)CC(=O)O.[Zn+2]. The van der Waals surface area contributed by atoms with Crippen LogP contribution in [0, 0.1) is 0 Å². The molecule has 0 rings (SSSR count). The second-order valence-electron chi connectivity index (χ2n) is 4.00. The maximum atomic E-state index is 10.6. The zero-order valence-corrected chi connectivity index (χ0v) is 14.9. The van der Waals surface area contributed by atoms with Gasteiger partial charge in [0.25, 0.3) is 0 Å². The van der Waals surface area contributed by atoms with Crippen LogP contribution in [0.25, 0.3) is 0 Å². The summed E-state index contributed by atoms with van der Waals surface area (Å²) in [5.74, 6) is -4.91. The van der Waals surface area contributed by atoms with Crippen LogP contribution in [0.1, 0.15) is 0 Å². The van der Waals surface area contributed by atoms with Crippen molar-refractivity contribution in [2.24, 2.45) is 0 Å². The molecule has 0 saturated carbocycles. The van der Waals surface area contributed by atoms with Crippen LogP contribution in [-0.2, 0) is 38.7 Å². The molecule has 0 fully saturated rings. The van der Waals surface area contributed by atoms with Crippen molar-refractivity contribution in [3.63, 3.8) is 0 Å². The van der Waals surface area contributed by atoms with Crippen molar-refractivity contribution in [3.8, 4) is 0 Å². The molecule has 0 aliphatic heterocycles. The number of hydrogen-bond acceptors (Lipinski definition) is 7. The normalized spacial score (nSPS) is 9.73.